The molecule has 0 saturated carbocycles. The van der Waals surface area contributed by atoms with Crippen molar-refractivity contribution in [1.82, 2.24) is 24.6 Å². The fraction of sp³-hybridized carbons (Fsp3) is 0.545. The molecule has 2 aromatic rings. The van der Waals surface area contributed by atoms with Gasteiger partial charge < -0.3 is 10.2 Å². The highest BCUT2D eigenvalue weighted by Gasteiger charge is 2.15. The van der Waals surface area contributed by atoms with Gasteiger partial charge >= 0.3 is 0 Å². The molecular formula is C11H17N7O. The van der Waals surface area contributed by atoms with E-state index in [1.54, 1.807) is 10.9 Å². The zero-order valence-electron chi connectivity index (χ0n) is 10.8. The van der Waals surface area contributed by atoms with Crippen molar-refractivity contribution in [2.75, 3.05) is 31.7 Å². The van der Waals surface area contributed by atoms with Crippen LogP contribution >= 0.6 is 0 Å². The lowest BCUT2D eigenvalue weighted by molar-refractivity contribution is 0.0331. The maximum atomic E-state index is 5.52. The highest BCUT2D eigenvalue weighted by molar-refractivity contribution is 5.86. The summed E-state index contributed by atoms with van der Waals surface area (Å²) in [6.45, 7) is 4.02. The van der Waals surface area contributed by atoms with Crippen molar-refractivity contribution in [2.45, 2.75) is 6.54 Å². The molecule has 8 nitrogen and oxygen atoms in total. The van der Waals surface area contributed by atoms with Crippen molar-refractivity contribution in [3.63, 3.8) is 0 Å². The third-order valence-electron chi connectivity index (χ3n) is 3.24. The van der Waals surface area contributed by atoms with Gasteiger partial charge in [0.1, 0.15) is 5.82 Å². The van der Waals surface area contributed by atoms with E-state index >= 15 is 0 Å². The van der Waals surface area contributed by atoms with Crippen LogP contribution in [0.1, 0.15) is 5.82 Å². The van der Waals surface area contributed by atoms with Gasteiger partial charge in [-0.25, -0.2) is 15.8 Å². The predicted molar refractivity (Wildman–Crippen MR) is 70.2 cm³/mol. The van der Waals surface area contributed by atoms with Gasteiger partial charge in [-0.2, -0.15) is 5.10 Å². The molecule has 0 radical (unpaired) electrons. The normalized spacial score (nSPS) is 16.9. The molecule has 0 spiro atoms. The lowest BCUT2D eigenvalue weighted by Gasteiger charge is -2.25. The van der Waals surface area contributed by atoms with Gasteiger partial charge in [-0.05, 0) is 0 Å². The van der Waals surface area contributed by atoms with Crippen LogP contribution in [0.25, 0.3) is 11.0 Å². The average Bonchev–Trinajstić information content (AvgIpc) is 2.81. The van der Waals surface area contributed by atoms with E-state index in [-0.39, 0.29) is 0 Å². The summed E-state index contributed by atoms with van der Waals surface area (Å²) in [5.41, 5.74) is 3.40. The molecule has 2 aromatic heterocycles. The number of fused-ring (bicyclic) bond motifs is 1. The number of hydrogen-bond donors (Lipinski definition) is 2. The van der Waals surface area contributed by atoms with E-state index in [1.807, 2.05) is 7.05 Å². The van der Waals surface area contributed by atoms with Gasteiger partial charge in [0.2, 0.25) is 0 Å². The number of nitrogens with zero attached hydrogens (tertiary/aromatic N) is 5. The van der Waals surface area contributed by atoms with Crippen molar-refractivity contribution in [3.8, 4) is 0 Å². The zero-order chi connectivity index (χ0) is 13.2. The van der Waals surface area contributed by atoms with Crippen LogP contribution in [0, 0.1) is 0 Å². The minimum absolute atomic E-state index is 0.612. The molecule has 0 atom stereocenters. The third-order valence-corrected chi connectivity index (χ3v) is 3.24. The van der Waals surface area contributed by atoms with Crippen LogP contribution in [0.4, 0.5) is 5.82 Å². The minimum atomic E-state index is 0.612. The van der Waals surface area contributed by atoms with Crippen LogP contribution in [0.5, 0.6) is 0 Å². The van der Waals surface area contributed by atoms with Gasteiger partial charge in [0.05, 0.1) is 31.3 Å². The highest BCUT2D eigenvalue weighted by Crippen LogP contribution is 2.19. The minimum Gasteiger partial charge on any atom is -0.379 e. The van der Waals surface area contributed by atoms with Gasteiger partial charge in [0.25, 0.3) is 0 Å². The van der Waals surface area contributed by atoms with E-state index < -0.39 is 0 Å². The molecule has 8 heteroatoms. The molecule has 1 aliphatic heterocycles. The summed E-state index contributed by atoms with van der Waals surface area (Å²) in [5.74, 6) is 6.87. The number of aromatic nitrogens is 4. The largest absolute Gasteiger partial charge is 0.379 e. The van der Waals surface area contributed by atoms with Gasteiger partial charge in [-0.15, -0.1) is 0 Å². The molecule has 102 valence electrons. The first-order valence-electron chi connectivity index (χ1n) is 6.23. The monoisotopic (exact) mass is 263 g/mol. The number of morpholine rings is 1. The third kappa shape index (κ3) is 2.37. The summed E-state index contributed by atoms with van der Waals surface area (Å²) < 4.78 is 7.05. The fourth-order valence-corrected chi connectivity index (χ4v) is 2.21. The number of nitrogens with two attached hydrogens (primary N) is 1. The zero-order valence-corrected chi connectivity index (χ0v) is 10.8. The number of nitrogen functional groups attached to an aromatic ring is 1. The Morgan fingerprint density at radius 2 is 2.16 bits per heavy atom. The van der Waals surface area contributed by atoms with E-state index in [1.165, 1.54) is 0 Å². The first kappa shape index (κ1) is 12.3. The highest BCUT2D eigenvalue weighted by atomic mass is 16.5. The predicted octanol–water partition coefficient (Wildman–Crippen LogP) is -0.519. The summed E-state index contributed by atoms with van der Waals surface area (Å²) in [6.07, 6.45) is 1.71. The number of nitrogens with one attached hydrogen (secondary N) is 1. The topological polar surface area (TPSA) is 94.1 Å². The van der Waals surface area contributed by atoms with Gasteiger partial charge in [0, 0.05) is 20.1 Å². The van der Waals surface area contributed by atoms with Gasteiger partial charge in [-0.3, -0.25) is 9.58 Å². The molecule has 0 aliphatic carbocycles. The summed E-state index contributed by atoms with van der Waals surface area (Å²) >= 11 is 0. The second-order valence-electron chi connectivity index (χ2n) is 4.53. The standard InChI is InChI=1S/C11H17N7O/c1-17-11-8(6-13-17)10(16-12)14-9(15-11)7-18-2-4-19-5-3-18/h6H,2-5,7,12H2,1H3,(H,14,15,16). The molecule has 0 amide bonds. The van der Waals surface area contributed by atoms with Crippen molar-refractivity contribution < 1.29 is 4.74 Å². The molecule has 3 rings (SSSR count). The second kappa shape index (κ2) is 5.08. The Morgan fingerprint density at radius 1 is 1.37 bits per heavy atom. The average molecular weight is 263 g/mol. The smallest absolute Gasteiger partial charge is 0.163 e. The number of anilines is 1. The van der Waals surface area contributed by atoms with Crippen LogP contribution in [0.3, 0.4) is 0 Å². The summed E-state index contributed by atoms with van der Waals surface area (Å²) in [4.78, 5) is 11.3. The van der Waals surface area contributed by atoms with Crippen LogP contribution < -0.4 is 11.3 Å². The van der Waals surface area contributed by atoms with Crippen LogP contribution in [-0.2, 0) is 18.3 Å². The second-order valence-corrected chi connectivity index (χ2v) is 4.53. The number of ether oxygens (including phenoxy) is 1. The Hall–Kier alpha value is -1.77. The summed E-state index contributed by atoms with van der Waals surface area (Å²) in [5, 5.41) is 5.01. The molecule has 1 saturated heterocycles. The maximum Gasteiger partial charge on any atom is 0.163 e. The molecule has 0 bridgehead atoms. The van der Waals surface area contributed by atoms with E-state index in [9.17, 15) is 0 Å². The van der Waals surface area contributed by atoms with E-state index in [0.29, 0.717) is 12.4 Å². The molecule has 19 heavy (non-hydrogen) atoms. The first-order valence-corrected chi connectivity index (χ1v) is 6.23. The summed E-state index contributed by atoms with van der Waals surface area (Å²) in [6, 6.07) is 0. The Labute approximate surface area is 110 Å². The first-order chi connectivity index (χ1) is 9.28. The number of hydrogen-bond acceptors (Lipinski definition) is 7. The molecule has 3 heterocycles. The Morgan fingerprint density at radius 3 is 2.89 bits per heavy atom. The Bertz CT molecular complexity index is 576. The van der Waals surface area contributed by atoms with Gasteiger partial charge in [0.15, 0.2) is 11.5 Å². The molecule has 3 N–H and O–H groups in total. The van der Waals surface area contributed by atoms with Crippen molar-refractivity contribution in [2.24, 2.45) is 12.9 Å². The molecular weight excluding hydrogens is 246 g/mol. The Balaban J connectivity index is 1.92. The van der Waals surface area contributed by atoms with E-state index in [0.717, 1.165) is 43.2 Å². The molecule has 1 fully saturated rings. The van der Waals surface area contributed by atoms with Crippen LogP contribution in [-0.4, -0.2) is 51.0 Å². The molecule has 0 aromatic carbocycles. The number of aryl methyl sites for hydroxylation is 1. The molecule has 1 aliphatic rings. The van der Waals surface area contributed by atoms with Crippen molar-refractivity contribution in [1.29, 1.82) is 0 Å². The van der Waals surface area contributed by atoms with Crippen LogP contribution in [0.15, 0.2) is 6.20 Å². The van der Waals surface area contributed by atoms with Crippen molar-refractivity contribution >= 4 is 16.9 Å². The number of rotatable bonds is 3. The quantitative estimate of drug-likeness (QED) is 0.568. The fourth-order valence-electron chi connectivity index (χ4n) is 2.21. The lowest BCUT2D eigenvalue weighted by atomic mass is 10.3. The lowest BCUT2D eigenvalue weighted by Crippen LogP contribution is -2.36. The molecule has 0 unspecified atom stereocenters. The summed E-state index contributed by atoms with van der Waals surface area (Å²) in [7, 11) is 1.86. The Kier molecular flexibility index (Phi) is 3.28. The number of hydrazine groups is 1. The van der Waals surface area contributed by atoms with Gasteiger partial charge in [-0.1, -0.05) is 0 Å². The van der Waals surface area contributed by atoms with E-state index in [4.69, 9.17) is 10.6 Å². The SMILES string of the molecule is Cn1ncc2c(NN)nc(CN3CCOCC3)nc21. The van der Waals surface area contributed by atoms with Crippen molar-refractivity contribution in [3.05, 3.63) is 12.0 Å². The maximum absolute atomic E-state index is 5.52. The van der Waals surface area contributed by atoms with E-state index in [2.05, 4.69) is 25.4 Å². The van der Waals surface area contributed by atoms with Crippen LogP contribution in [0.2, 0.25) is 0 Å².